The van der Waals surface area contributed by atoms with Crippen molar-refractivity contribution < 1.29 is 19.4 Å². The quantitative estimate of drug-likeness (QED) is 0.846. The molecule has 0 saturated heterocycles. The number of hydrogen-bond acceptors (Lipinski definition) is 4. The van der Waals surface area contributed by atoms with Crippen LogP contribution in [0.1, 0.15) is 24.5 Å². The maximum Gasteiger partial charge on any atom is 0.301 e. The Kier molecular flexibility index (Phi) is 4.57. The monoisotopic (exact) mass is 337 g/mol. The van der Waals surface area contributed by atoms with Crippen molar-refractivity contribution in [2.24, 2.45) is 0 Å². The highest BCUT2D eigenvalue weighted by Crippen LogP contribution is 2.33. The van der Waals surface area contributed by atoms with Gasteiger partial charge >= 0.3 is 5.91 Å². The van der Waals surface area contributed by atoms with Gasteiger partial charge < -0.3 is 9.84 Å². The van der Waals surface area contributed by atoms with E-state index in [0.717, 1.165) is 16.9 Å². The Bertz CT molecular complexity index is 852. The summed E-state index contributed by atoms with van der Waals surface area (Å²) in [4.78, 5) is 26.2. The number of carbonyl (C=O) groups excluding carboxylic acids is 2. The normalized spacial score (nSPS) is 14.4. The summed E-state index contributed by atoms with van der Waals surface area (Å²) in [5.41, 5.74) is 1.74. The van der Waals surface area contributed by atoms with Gasteiger partial charge in [0.25, 0.3) is 5.91 Å². The SMILES string of the molecule is CCCOc1ccc(C2=C(O)C(=O)N(c3ccccc3C)C2=O)cc1. The number of hydrogen-bond donors (Lipinski definition) is 1. The molecule has 5 nitrogen and oxygen atoms in total. The maximum absolute atomic E-state index is 12.8. The van der Waals surface area contributed by atoms with Crippen molar-refractivity contribution in [2.45, 2.75) is 20.3 Å². The second-order valence-corrected chi connectivity index (χ2v) is 5.83. The summed E-state index contributed by atoms with van der Waals surface area (Å²) in [6.45, 7) is 4.43. The lowest BCUT2D eigenvalue weighted by molar-refractivity contribution is -0.121. The molecule has 5 heteroatoms. The third-order valence-corrected chi connectivity index (χ3v) is 4.03. The van der Waals surface area contributed by atoms with Crippen molar-refractivity contribution in [1.82, 2.24) is 0 Å². The number of anilines is 1. The van der Waals surface area contributed by atoms with Gasteiger partial charge in [0, 0.05) is 0 Å². The van der Waals surface area contributed by atoms with Crippen molar-refractivity contribution >= 4 is 23.1 Å². The lowest BCUT2D eigenvalue weighted by Gasteiger charge is -2.16. The molecule has 1 aliphatic heterocycles. The molecule has 1 aliphatic rings. The number of nitrogens with zero attached hydrogens (tertiary/aromatic N) is 1. The van der Waals surface area contributed by atoms with Crippen LogP contribution < -0.4 is 9.64 Å². The molecule has 2 amide bonds. The molecule has 0 fully saturated rings. The Hall–Kier alpha value is -3.08. The van der Waals surface area contributed by atoms with E-state index < -0.39 is 17.6 Å². The van der Waals surface area contributed by atoms with Crippen molar-refractivity contribution in [3.8, 4) is 5.75 Å². The first kappa shape index (κ1) is 16.8. The Morgan fingerprint density at radius 2 is 1.68 bits per heavy atom. The van der Waals surface area contributed by atoms with Gasteiger partial charge in [-0.2, -0.15) is 0 Å². The number of aliphatic hydroxyl groups excluding tert-OH is 1. The first-order chi connectivity index (χ1) is 12.0. The van der Waals surface area contributed by atoms with Gasteiger partial charge in [-0.15, -0.1) is 0 Å². The molecule has 2 aromatic rings. The largest absolute Gasteiger partial charge is 0.502 e. The van der Waals surface area contributed by atoms with E-state index in [1.807, 2.05) is 26.0 Å². The Labute approximate surface area is 146 Å². The van der Waals surface area contributed by atoms with Crippen LogP contribution in [0.3, 0.4) is 0 Å². The van der Waals surface area contributed by atoms with Crippen molar-refractivity contribution in [3.05, 3.63) is 65.4 Å². The summed E-state index contributed by atoms with van der Waals surface area (Å²) in [7, 11) is 0. The number of imide groups is 1. The summed E-state index contributed by atoms with van der Waals surface area (Å²) in [6, 6.07) is 13.9. The molecular formula is C20H19NO4. The van der Waals surface area contributed by atoms with E-state index in [1.54, 1.807) is 36.4 Å². The van der Waals surface area contributed by atoms with Gasteiger partial charge in [0.05, 0.1) is 17.9 Å². The van der Waals surface area contributed by atoms with Crippen LogP contribution in [0, 0.1) is 6.92 Å². The molecule has 2 aromatic carbocycles. The highest BCUT2D eigenvalue weighted by atomic mass is 16.5. The number of benzene rings is 2. The molecule has 25 heavy (non-hydrogen) atoms. The molecule has 0 aromatic heterocycles. The molecule has 0 atom stereocenters. The number of amides is 2. The molecule has 0 radical (unpaired) electrons. The standard InChI is InChI=1S/C20H19NO4/c1-3-12-25-15-10-8-14(9-11-15)17-18(22)20(24)21(19(17)23)16-7-5-4-6-13(16)2/h4-11,22H,3,12H2,1-2H3. The number of aliphatic hydroxyl groups is 1. The van der Waals surface area contributed by atoms with E-state index >= 15 is 0 Å². The third-order valence-electron chi connectivity index (χ3n) is 4.03. The molecular weight excluding hydrogens is 318 g/mol. The molecule has 0 aliphatic carbocycles. The zero-order valence-corrected chi connectivity index (χ0v) is 14.2. The Morgan fingerprint density at radius 1 is 1.00 bits per heavy atom. The second-order valence-electron chi connectivity index (χ2n) is 5.83. The predicted octanol–water partition coefficient (Wildman–Crippen LogP) is 3.63. The number of carbonyl (C=O) groups is 2. The number of aryl methyl sites for hydroxylation is 1. The fourth-order valence-corrected chi connectivity index (χ4v) is 2.75. The van der Waals surface area contributed by atoms with Crippen molar-refractivity contribution in [2.75, 3.05) is 11.5 Å². The van der Waals surface area contributed by atoms with Gasteiger partial charge in [-0.25, -0.2) is 4.90 Å². The third kappa shape index (κ3) is 3.01. The molecule has 0 saturated carbocycles. The van der Waals surface area contributed by atoms with Gasteiger partial charge in [0.15, 0.2) is 5.76 Å². The van der Waals surface area contributed by atoms with Gasteiger partial charge in [-0.3, -0.25) is 9.59 Å². The minimum atomic E-state index is -0.708. The van der Waals surface area contributed by atoms with Crippen LogP contribution in [-0.4, -0.2) is 23.5 Å². The molecule has 0 unspecified atom stereocenters. The molecule has 0 bridgehead atoms. The first-order valence-electron chi connectivity index (χ1n) is 8.15. The molecule has 0 spiro atoms. The fraction of sp³-hybridized carbons (Fsp3) is 0.200. The van der Waals surface area contributed by atoms with Crippen LogP contribution in [0.15, 0.2) is 54.3 Å². The van der Waals surface area contributed by atoms with Crippen LogP contribution in [-0.2, 0) is 9.59 Å². The lowest BCUT2D eigenvalue weighted by atomic mass is 10.1. The highest BCUT2D eigenvalue weighted by Gasteiger charge is 2.40. The Morgan fingerprint density at radius 3 is 2.32 bits per heavy atom. The van der Waals surface area contributed by atoms with Crippen LogP contribution in [0.5, 0.6) is 5.75 Å². The maximum atomic E-state index is 12.8. The molecule has 1 N–H and O–H groups in total. The van der Waals surface area contributed by atoms with Crippen LogP contribution in [0.25, 0.3) is 5.57 Å². The van der Waals surface area contributed by atoms with E-state index in [4.69, 9.17) is 4.74 Å². The highest BCUT2D eigenvalue weighted by molar-refractivity contribution is 6.45. The zero-order chi connectivity index (χ0) is 18.0. The second kappa shape index (κ2) is 6.81. The summed E-state index contributed by atoms with van der Waals surface area (Å²) in [5, 5.41) is 10.3. The van der Waals surface area contributed by atoms with E-state index in [1.165, 1.54) is 0 Å². The van der Waals surface area contributed by atoms with Crippen LogP contribution >= 0.6 is 0 Å². The van der Waals surface area contributed by atoms with Crippen LogP contribution in [0.2, 0.25) is 0 Å². The van der Waals surface area contributed by atoms with Gasteiger partial charge in [0.2, 0.25) is 0 Å². The number of rotatable bonds is 5. The fourth-order valence-electron chi connectivity index (χ4n) is 2.75. The van der Waals surface area contributed by atoms with E-state index in [0.29, 0.717) is 23.6 Å². The average Bonchev–Trinajstić information content (AvgIpc) is 2.84. The first-order valence-corrected chi connectivity index (χ1v) is 8.15. The minimum Gasteiger partial charge on any atom is -0.502 e. The molecule has 1 heterocycles. The minimum absolute atomic E-state index is 0.00953. The summed E-state index contributed by atoms with van der Waals surface area (Å²) < 4.78 is 5.51. The van der Waals surface area contributed by atoms with Crippen molar-refractivity contribution in [1.29, 1.82) is 0 Å². The van der Waals surface area contributed by atoms with Gasteiger partial charge in [0.1, 0.15) is 5.75 Å². The molecule has 3 rings (SSSR count). The van der Waals surface area contributed by atoms with E-state index in [9.17, 15) is 14.7 Å². The van der Waals surface area contributed by atoms with E-state index in [-0.39, 0.29) is 5.57 Å². The molecule has 128 valence electrons. The summed E-state index contributed by atoms with van der Waals surface area (Å²) in [5.74, 6) is -1.09. The summed E-state index contributed by atoms with van der Waals surface area (Å²) in [6.07, 6.45) is 0.895. The smallest absolute Gasteiger partial charge is 0.301 e. The van der Waals surface area contributed by atoms with Gasteiger partial charge in [-0.1, -0.05) is 37.3 Å². The van der Waals surface area contributed by atoms with Crippen molar-refractivity contribution in [3.63, 3.8) is 0 Å². The predicted molar refractivity (Wildman–Crippen MR) is 95.4 cm³/mol. The summed E-state index contributed by atoms with van der Waals surface area (Å²) >= 11 is 0. The number of para-hydroxylation sites is 1. The van der Waals surface area contributed by atoms with E-state index in [2.05, 4.69) is 0 Å². The van der Waals surface area contributed by atoms with Crippen LogP contribution in [0.4, 0.5) is 5.69 Å². The Balaban J connectivity index is 1.93. The topological polar surface area (TPSA) is 66.8 Å². The zero-order valence-electron chi connectivity index (χ0n) is 14.2. The average molecular weight is 337 g/mol. The number of ether oxygens (including phenoxy) is 1. The van der Waals surface area contributed by atoms with Gasteiger partial charge in [-0.05, 0) is 42.7 Å². The lowest BCUT2D eigenvalue weighted by Crippen LogP contribution is -2.32.